The molecule has 2 rings (SSSR count). The van der Waals surface area contributed by atoms with E-state index in [1.165, 1.54) is 32.1 Å². The molecule has 0 radical (unpaired) electrons. The number of rotatable bonds is 12. The number of nitrogens with two attached hydrogens (primary N) is 2. The largest absolute Gasteiger partial charge is 0.494 e. The van der Waals surface area contributed by atoms with Gasteiger partial charge in [-0.2, -0.15) is 5.10 Å². The van der Waals surface area contributed by atoms with Crippen molar-refractivity contribution < 1.29 is 9.53 Å². The Kier molecular flexibility index (Phi) is 10.6. The Morgan fingerprint density at radius 1 is 0.844 bits per heavy atom. The standard InChI is InChI=1S/C24H34N6O2/c1-3-4-5-6-7-8-17-32-22-15-13-21(14-16-22)28-24(31)27-20-11-9-19(10-12-20)18(2)29-30-23(25)26/h9-16H,3-8,17H2,1-2H3,(H4,25,26,30)(H2,27,28,31)/b29-18+. The number of carbonyl (C=O) groups excluding carboxylic acids is 1. The van der Waals surface area contributed by atoms with Gasteiger partial charge in [-0.1, -0.05) is 51.2 Å². The highest BCUT2D eigenvalue weighted by molar-refractivity contribution is 6.01. The fourth-order valence-electron chi connectivity index (χ4n) is 2.99. The molecule has 2 amide bonds. The third kappa shape index (κ3) is 9.51. The monoisotopic (exact) mass is 438 g/mol. The maximum absolute atomic E-state index is 12.3. The summed E-state index contributed by atoms with van der Waals surface area (Å²) >= 11 is 0. The van der Waals surface area contributed by atoms with E-state index < -0.39 is 0 Å². The lowest BCUT2D eigenvalue weighted by Gasteiger charge is -2.10. The molecule has 2 aromatic carbocycles. The normalized spacial score (nSPS) is 11.0. The smallest absolute Gasteiger partial charge is 0.323 e. The third-order valence-corrected chi connectivity index (χ3v) is 4.75. The number of hydrogen-bond donors (Lipinski definition) is 4. The van der Waals surface area contributed by atoms with Crippen LogP contribution < -0.4 is 26.8 Å². The predicted molar refractivity (Wildman–Crippen MR) is 132 cm³/mol. The Morgan fingerprint density at radius 3 is 2.00 bits per heavy atom. The summed E-state index contributed by atoms with van der Waals surface area (Å²) in [5, 5.41) is 13.2. The van der Waals surface area contributed by atoms with Gasteiger partial charge in [-0.25, -0.2) is 4.79 Å². The molecule has 0 aliphatic carbocycles. The molecule has 172 valence electrons. The van der Waals surface area contributed by atoms with Crippen LogP contribution in [0, 0.1) is 0 Å². The highest BCUT2D eigenvalue weighted by atomic mass is 16.5. The molecule has 0 aromatic heterocycles. The number of hydrogen-bond acceptors (Lipinski definition) is 4. The van der Waals surface area contributed by atoms with Crippen LogP contribution in [-0.2, 0) is 0 Å². The van der Waals surface area contributed by atoms with E-state index in [1.807, 2.05) is 36.4 Å². The molecule has 0 spiro atoms. The second-order valence-corrected chi connectivity index (χ2v) is 7.51. The molecule has 32 heavy (non-hydrogen) atoms. The van der Waals surface area contributed by atoms with Gasteiger partial charge in [-0.05, 0) is 55.3 Å². The van der Waals surface area contributed by atoms with Gasteiger partial charge in [0.15, 0.2) is 0 Å². The van der Waals surface area contributed by atoms with Gasteiger partial charge >= 0.3 is 6.03 Å². The number of carbonyl (C=O) groups is 1. The molecule has 8 nitrogen and oxygen atoms in total. The minimum Gasteiger partial charge on any atom is -0.494 e. The van der Waals surface area contributed by atoms with Crippen LogP contribution in [0.25, 0.3) is 0 Å². The van der Waals surface area contributed by atoms with Crippen molar-refractivity contribution in [3.8, 4) is 5.75 Å². The second kappa shape index (κ2) is 13.7. The van der Waals surface area contributed by atoms with E-state index in [4.69, 9.17) is 16.2 Å². The lowest BCUT2D eigenvalue weighted by Crippen LogP contribution is -2.22. The maximum atomic E-state index is 12.3. The van der Waals surface area contributed by atoms with Crippen LogP contribution in [0.1, 0.15) is 57.9 Å². The Hall–Kier alpha value is -3.55. The zero-order valence-electron chi connectivity index (χ0n) is 18.9. The molecule has 0 aliphatic heterocycles. The Morgan fingerprint density at radius 2 is 1.41 bits per heavy atom. The van der Waals surface area contributed by atoms with Gasteiger partial charge in [0.25, 0.3) is 0 Å². The van der Waals surface area contributed by atoms with Crippen molar-refractivity contribution >= 4 is 29.1 Å². The number of ether oxygens (including phenoxy) is 1. The van der Waals surface area contributed by atoms with Gasteiger partial charge in [-0.3, -0.25) is 0 Å². The Balaban J connectivity index is 1.76. The Bertz CT molecular complexity index is 888. The summed E-state index contributed by atoms with van der Waals surface area (Å²) in [4.78, 5) is 12.3. The number of nitrogens with zero attached hydrogens (tertiary/aromatic N) is 2. The molecule has 2 aromatic rings. The fourth-order valence-corrected chi connectivity index (χ4v) is 2.99. The second-order valence-electron chi connectivity index (χ2n) is 7.51. The number of urea groups is 1. The summed E-state index contributed by atoms with van der Waals surface area (Å²) in [6.45, 7) is 4.73. The van der Waals surface area contributed by atoms with E-state index in [0.717, 1.165) is 17.7 Å². The van der Waals surface area contributed by atoms with Crippen molar-refractivity contribution in [1.29, 1.82) is 0 Å². The zero-order chi connectivity index (χ0) is 23.2. The number of benzene rings is 2. The number of amides is 2. The van der Waals surface area contributed by atoms with Crippen LogP contribution >= 0.6 is 0 Å². The minimum atomic E-state index is -0.329. The van der Waals surface area contributed by atoms with Crippen LogP contribution in [0.4, 0.5) is 16.2 Å². The van der Waals surface area contributed by atoms with Gasteiger partial charge in [-0.15, -0.1) is 5.10 Å². The summed E-state index contributed by atoms with van der Waals surface area (Å²) in [6.07, 6.45) is 7.40. The number of guanidine groups is 1. The number of anilines is 2. The van der Waals surface area contributed by atoms with Crippen molar-refractivity contribution in [3.05, 3.63) is 54.1 Å². The molecule has 0 atom stereocenters. The third-order valence-electron chi connectivity index (χ3n) is 4.75. The van der Waals surface area contributed by atoms with Crippen LogP contribution in [-0.4, -0.2) is 24.3 Å². The van der Waals surface area contributed by atoms with Crippen molar-refractivity contribution in [2.75, 3.05) is 17.2 Å². The van der Waals surface area contributed by atoms with Crippen LogP contribution in [0.3, 0.4) is 0 Å². The molecule has 6 N–H and O–H groups in total. The lowest BCUT2D eigenvalue weighted by atomic mass is 10.1. The SMILES string of the molecule is CCCCCCCCOc1ccc(NC(=O)Nc2ccc(/C(C)=N/N=C(N)N)cc2)cc1. The quantitative estimate of drug-likeness (QED) is 0.160. The molecule has 8 heteroatoms. The summed E-state index contributed by atoms with van der Waals surface area (Å²) in [5.74, 6) is 0.703. The predicted octanol–water partition coefficient (Wildman–Crippen LogP) is 5.07. The molecule has 0 heterocycles. The van der Waals surface area contributed by atoms with E-state index in [0.29, 0.717) is 23.7 Å². The number of nitrogens with one attached hydrogen (secondary N) is 2. The number of unbranched alkanes of at least 4 members (excludes halogenated alkanes) is 5. The highest BCUT2D eigenvalue weighted by Crippen LogP contribution is 2.17. The first-order valence-corrected chi connectivity index (χ1v) is 11.0. The molecule has 0 bridgehead atoms. The van der Waals surface area contributed by atoms with Gasteiger partial charge in [0.2, 0.25) is 5.96 Å². The molecule has 0 aliphatic rings. The maximum Gasteiger partial charge on any atom is 0.323 e. The van der Waals surface area contributed by atoms with E-state index in [1.54, 1.807) is 19.1 Å². The molecule has 0 saturated carbocycles. The summed E-state index contributed by atoms with van der Waals surface area (Å²) in [7, 11) is 0. The van der Waals surface area contributed by atoms with Crippen molar-refractivity contribution in [1.82, 2.24) is 0 Å². The molecular formula is C24H34N6O2. The van der Waals surface area contributed by atoms with E-state index in [-0.39, 0.29) is 12.0 Å². The lowest BCUT2D eigenvalue weighted by molar-refractivity contribution is 0.262. The van der Waals surface area contributed by atoms with Crippen LogP contribution in [0.15, 0.2) is 58.7 Å². The summed E-state index contributed by atoms with van der Waals surface area (Å²) < 4.78 is 5.77. The first-order valence-electron chi connectivity index (χ1n) is 11.0. The van der Waals surface area contributed by atoms with Crippen molar-refractivity contribution in [2.24, 2.45) is 21.7 Å². The van der Waals surface area contributed by atoms with E-state index >= 15 is 0 Å². The molecule has 0 unspecified atom stereocenters. The summed E-state index contributed by atoms with van der Waals surface area (Å²) in [6, 6.07) is 14.3. The average molecular weight is 439 g/mol. The zero-order valence-corrected chi connectivity index (χ0v) is 18.9. The van der Waals surface area contributed by atoms with Crippen molar-refractivity contribution in [3.63, 3.8) is 0 Å². The first kappa shape index (κ1) is 24.7. The minimum absolute atomic E-state index is 0.100. The van der Waals surface area contributed by atoms with Crippen LogP contribution in [0.2, 0.25) is 0 Å². The fraction of sp³-hybridized carbons (Fsp3) is 0.375. The molecular weight excluding hydrogens is 404 g/mol. The van der Waals surface area contributed by atoms with Gasteiger partial charge in [0, 0.05) is 11.4 Å². The van der Waals surface area contributed by atoms with E-state index in [9.17, 15) is 4.79 Å². The summed E-state index contributed by atoms with van der Waals surface area (Å²) in [5.41, 5.74) is 13.4. The van der Waals surface area contributed by atoms with Gasteiger partial charge < -0.3 is 26.8 Å². The molecule has 0 saturated heterocycles. The van der Waals surface area contributed by atoms with Crippen molar-refractivity contribution in [2.45, 2.75) is 52.4 Å². The highest BCUT2D eigenvalue weighted by Gasteiger charge is 2.04. The van der Waals surface area contributed by atoms with Gasteiger partial charge in [0.1, 0.15) is 5.75 Å². The first-order chi connectivity index (χ1) is 15.5. The molecule has 0 fully saturated rings. The Labute approximate surface area is 190 Å². The van der Waals surface area contributed by atoms with Gasteiger partial charge in [0.05, 0.1) is 12.3 Å². The topological polar surface area (TPSA) is 127 Å². The van der Waals surface area contributed by atoms with E-state index in [2.05, 4.69) is 27.8 Å². The average Bonchev–Trinajstić information content (AvgIpc) is 2.78. The van der Waals surface area contributed by atoms with Crippen LogP contribution in [0.5, 0.6) is 5.75 Å².